The van der Waals surface area contributed by atoms with Gasteiger partial charge in [-0.25, -0.2) is 23.6 Å². The Balaban J connectivity index is 0.000000556. The van der Waals surface area contributed by atoms with E-state index in [1.165, 1.54) is 4.70 Å². The molecule has 0 aliphatic heterocycles. The molecule has 0 unspecified atom stereocenters. The number of nitrogens with one attached hydrogen (secondary N) is 1. The van der Waals surface area contributed by atoms with Crippen molar-refractivity contribution in [3.63, 3.8) is 0 Å². The lowest BCUT2D eigenvalue weighted by molar-refractivity contribution is -2.00. The lowest BCUT2D eigenvalue weighted by Gasteiger charge is -2.17. The third-order valence-electron chi connectivity index (χ3n) is 5.12. The summed E-state index contributed by atoms with van der Waals surface area (Å²) in [5, 5.41) is 2.65. The van der Waals surface area contributed by atoms with E-state index >= 15 is 0 Å². The molecular formula is C25H21ClN2O7S. The summed E-state index contributed by atoms with van der Waals surface area (Å²) in [6.45, 7) is 2.07. The van der Waals surface area contributed by atoms with E-state index in [0.29, 0.717) is 17.3 Å². The monoisotopic (exact) mass is 528 g/mol. The molecule has 0 radical (unpaired) electrons. The number of aryl methyl sites for hydroxylation is 1. The Bertz CT molecular complexity index is 1550. The number of thiazole rings is 1. The standard InChI is InChI=1S/C25H20N2O3S.ClHO4/c1-15-8-10-20-17(12-15)19(27-25-26-18-6-4-5-7-24(18)31-25)14-22(30-20)16-9-11-21(28-2)23(13-16)29-3;2-1(3,4)5/h4-14H,1-3H3;(H,2,3,4,5)/b27-19+;. The van der Waals surface area contributed by atoms with Crippen LogP contribution in [0.15, 0.2) is 76.1 Å². The second-order valence-electron chi connectivity index (χ2n) is 7.58. The lowest BCUT2D eigenvalue weighted by atomic mass is 10.1. The van der Waals surface area contributed by atoms with Crippen molar-refractivity contribution < 1.29 is 47.8 Å². The Kier molecular flexibility index (Phi) is 7.55. The van der Waals surface area contributed by atoms with E-state index in [1.54, 1.807) is 25.6 Å². The van der Waals surface area contributed by atoms with E-state index in [4.69, 9.17) is 37.5 Å². The van der Waals surface area contributed by atoms with Gasteiger partial charge in [0, 0.05) is 11.6 Å². The molecule has 0 atom stereocenters. The van der Waals surface area contributed by atoms with Crippen molar-refractivity contribution in [3.05, 3.63) is 77.7 Å². The van der Waals surface area contributed by atoms with Gasteiger partial charge in [0.15, 0.2) is 16.9 Å². The van der Waals surface area contributed by atoms with Gasteiger partial charge in [0.2, 0.25) is 0 Å². The van der Waals surface area contributed by atoms with Crippen LogP contribution in [0.4, 0.5) is 5.13 Å². The molecule has 0 bridgehead atoms. The molecule has 0 aliphatic carbocycles. The van der Waals surface area contributed by atoms with E-state index in [-0.39, 0.29) is 0 Å². The second-order valence-corrected chi connectivity index (χ2v) is 9.37. The zero-order valence-electron chi connectivity index (χ0n) is 19.4. The topological polar surface area (TPSA) is 150 Å². The number of halogens is 1. The van der Waals surface area contributed by atoms with Crippen LogP contribution < -0.4 is 38.5 Å². The van der Waals surface area contributed by atoms with Crippen LogP contribution in [0, 0.1) is 17.2 Å². The minimum absolute atomic E-state index is 0.649. The first-order valence-electron chi connectivity index (χ1n) is 10.5. The van der Waals surface area contributed by atoms with Gasteiger partial charge in [0.25, 0.3) is 0 Å². The fourth-order valence-corrected chi connectivity index (χ4v) is 4.46. The first-order chi connectivity index (χ1) is 17.1. The Labute approximate surface area is 211 Å². The largest absolute Gasteiger partial charge is 0.493 e. The highest BCUT2D eigenvalue weighted by Gasteiger charge is 2.14. The number of aromatic amines is 1. The van der Waals surface area contributed by atoms with Crippen molar-refractivity contribution in [3.8, 4) is 22.8 Å². The molecule has 5 aromatic rings. The third-order valence-corrected chi connectivity index (χ3v) is 6.09. The fraction of sp³-hybridized carbons (Fsp3) is 0.120. The summed E-state index contributed by atoms with van der Waals surface area (Å²) in [6, 6.07) is 22.0. The van der Waals surface area contributed by atoms with Gasteiger partial charge in [0.1, 0.15) is 16.9 Å². The fourth-order valence-electron chi connectivity index (χ4n) is 3.57. The molecule has 36 heavy (non-hydrogen) atoms. The van der Waals surface area contributed by atoms with Crippen molar-refractivity contribution in [1.29, 1.82) is 0 Å². The summed E-state index contributed by atoms with van der Waals surface area (Å²) in [7, 11) is -1.70. The van der Waals surface area contributed by atoms with E-state index in [2.05, 4.69) is 30.1 Å². The number of aromatic nitrogens is 1. The number of rotatable bonds is 4. The lowest BCUT2D eigenvalue weighted by Crippen LogP contribution is -2.68. The van der Waals surface area contributed by atoms with Crippen LogP contribution in [0.3, 0.4) is 0 Å². The van der Waals surface area contributed by atoms with Gasteiger partial charge >= 0.3 is 5.13 Å². The molecule has 0 spiro atoms. The molecule has 2 aromatic heterocycles. The Morgan fingerprint density at radius 2 is 1.61 bits per heavy atom. The van der Waals surface area contributed by atoms with Gasteiger partial charge in [-0.3, -0.25) is 0 Å². The molecule has 2 heterocycles. The van der Waals surface area contributed by atoms with Crippen LogP contribution in [0.1, 0.15) is 5.56 Å². The van der Waals surface area contributed by atoms with Crippen molar-refractivity contribution >= 4 is 37.7 Å². The average Bonchev–Trinajstić information content (AvgIpc) is 3.25. The zero-order valence-corrected chi connectivity index (χ0v) is 21.0. The van der Waals surface area contributed by atoms with Crippen molar-refractivity contribution in [2.75, 3.05) is 14.2 Å². The highest BCUT2D eigenvalue weighted by atomic mass is 35.7. The molecule has 0 saturated carbocycles. The van der Waals surface area contributed by atoms with Crippen molar-refractivity contribution in [2.24, 2.45) is 4.99 Å². The van der Waals surface area contributed by atoms with Crippen LogP contribution in [0.25, 0.3) is 32.5 Å². The molecule has 1 N–H and O–H groups in total. The summed E-state index contributed by atoms with van der Waals surface area (Å²) < 4.78 is 52.2. The number of nitrogens with zero attached hydrogens (tertiary/aromatic N) is 1. The number of H-pyrrole nitrogens is 1. The Morgan fingerprint density at radius 1 is 0.889 bits per heavy atom. The average molecular weight is 529 g/mol. The summed E-state index contributed by atoms with van der Waals surface area (Å²) in [5.74, 6) is 2.03. The molecule has 0 aliphatic rings. The summed E-state index contributed by atoms with van der Waals surface area (Å²) in [4.78, 5) is 8.36. The van der Waals surface area contributed by atoms with E-state index in [1.807, 2.05) is 48.5 Å². The smallest absolute Gasteiger partial charge is 0.381 e. The molecule has 11 heteroatoms. The molecule has 186 valence electrons. The molecule has 0 saturated heterocycles. The molecule has 9 nitrogen and oxygen atoms in total. The number of benzene rings is 3. The Hall–Kier alpha value is -3.51. The minimum atomic E-state index is -4.94. The van der Waals surface area contributed by atoms with Gasteiger partial charge in [-0.15, -0.1) is 10.2 Å². The number of methoxy groups -OCH3 is 2. The second kappa shape index (κ2) is 10.6. The van der Waals surface area contributed by atoms with Crippen LogP contribution >= 0.6 is 11.3 Å². The van der Waals surface area contributed by atoms with Crippen molar-refractivity contribution in [1.82, 2.24) is 0 Å². The normalized spacial score (nSPS) is 11.9. The van der Waals surface area contributed by atoms with Crippen LogP contribution in [-0.2, 0) is 0 Å². The third kappa shape index (κ3) is 6.18. The predicted octanol–water partition coefficient (Wildman–Crippen LogP) is 0.931. The van der Waals surface area contributed by atoms with Crippen molar-refractivity contribution in [2.45, 2.75) is 6.92 Å². The maximum atomic E-state index is 8.49. The number of hydrogen-bond acceptors (Lipinski definition) is 9. The highest BCUT2D eigenvalue weighted by Crippen LogP contribution is 2.33. The SMILES string of the molecule is COc1ccc(-c2c/c(=N\c3[nH+]c4ccccc4s3)c3cc(C)ccc3o2)cc1OC.[O-][Cl+3]([O-])([O-])[O-]. The summed E-state index contributed by atoms with van der Waals surface area (Å²) in [6.07, 6.45) is 0. The predicted molar refractivity (Wildman–Crippen MR) is 123 cm³/mol. The number of fused-ring (bicyclic) bond motifs is 2. The number of para-hydroxylation sites is 1. The van der Waals surface area contributed by atoms with Gasteiger partial charge in [-0.2, -0.15) is 0 Å². The molecular weight excluding hydrogens is 508 g/mol. The zero-order chi connectivity index (χ0) is 25.9. The minimum Gasteiger partial charge on any atom is -0.493 e. The Morgan fingerprint density at radius 3 is 2.31 bits per heavy atom. The maximum absolute atomic E-state index is 8.49. The molecule has 5 rings (SSSR count). The summed E-state index contributed by atoms with van der Waals surface area (Å²) >= 11 is 1.63. The van der Waals surface area contributed by atoms with Gasteiger partial charge in [-0.1, -0.05) is 23.8 Å². The number of ether oxygens (including phenoxy) is 2. The summed E-state index contributed by atoms with van der Waals surface area (Å²) in [5.41, 5.74) is 3.89. The molecule has 0 amide bonds. The van der Waals surface area contributed by atoms with Crippen LogP contribution in [0.2, 0.25) is 0 Å². The highest BCUT2D eigenvalue weighted by molar-refractivity contribution is 7.21. The molecule has 0 fully saturated rings. The number of hydrogen-bond donors (Lipinski definition) is 0. The first kappa shape index (κ1) is 25.6. The van der Waals surface area contributed by atoms with E-state index < -0.39 is 10.2 Å². The van der Waals surface area contributed by atoms with E-state index in [0.717, 1.165) is 38.1 Å². The van der Waals surface area contributed by atoms with Gasteiger partial charge in [0.05, 0.1) is 24.3 Å². The van der Waals surface area contributed by atoms with Gasteiger partial charge < -0.3 is 13.9 Å². The van der Waals surface area contributed by atoms with Crippen LogP contribution in [-0.4, -0.2) is 14.2 Å². The molecule has 3 aromatic carbocycles. The van der Waals surface area contributed by atoms with Crippen LogP contribution in [0.5, 0.6) is 11.5 Å². The quantitative estimate of drug-likeness (QED) is 0.336. The maximum Gasteiger partial charge on any atom is 0.381 e. The van der Waals surface area contributed by atoms with E-state index in [9.17, 15) is 0 Å². The van der Waals surface area contributed by atoms with Gasteiger partial charge in [-0.05, 0) is 65.7 Å². The first-order valence-corrected chi connectivity index (χ1v) is 12.5.